The monoisotopic (exact) mass is 264 g/mol. The van der Waals surface area contributed by atoms with Crippen LogP contribution in [-0.2, 0) is 12.7 Å². The molecule has 5 nitrogen and oxygen atoms in total. The van der Waals surface area contributed by atoms with Crippen molar-refractivity contribution in [2.75, 3.05) is 19.6 Å². The van der Waals surface area contributed by atoms with Gasteiger partial charge in [-0.25, -0.2) is 0 Å². The Kier molecular flexibility index (Phi) is 3.88. The van der Waals surface area contributed by atoms with E-state index < -0.39 is 18.0 Å². The molecular formula is C10H15F3N4O. The van der Waals surface area contributed by atoms with Gasteiger partial charge in [-0.1, -0.05) is 0 Å². The lowest BCUT2D eigenvalue weighted by Crippen LogP contribution is -2.30. The van der Waals surface area contributed by atoms with Crippen LogP contribution in [0.25, 0.3) is 0 Å². The number of aliphatic hydroxyl groups is 1. The van der Waals surface area contributed by atoms with Crippen molar-refractivity contribution in [1.82, 2.24) is 20.8 Å². The molecule has 2 unspecified atom stereocenters. The lowest BCUT2D eigenvalue weighted by molar-refractivity contribution is -0.141. The van der Waals surface area contributed by atoms with E-state index in [-0.39, 0.29) is 12.5 Å². The molecule has 8 heteroatoms. The molecule has 0 radical (unpaired) electrons. The van der Waals surface area contributed by atoms with Crippen LogP contribution in [-0.4, -0.2) is 41.0 Å². The molecule has 18 heavy (non-hydrogen) atoms. The van der Waals surface area contributed by atoms with E-state index in [1.165, 1.54) is 0 Å². The highest BCUT2D eigenvalue weighted by atomic mass is 19.4. The molecule has 1 aliphatic rings. The summed E-state index contributed by atoms with van der Waals surface area (Å²) < 4.78 is 36.8. The molecular weight excluding hydrogens is 249 g/mol. The maximum atomic E-state index is 12.3. The Morgan fingerprint density at radius 2 is 2.22 bits per heavy atom. The summed E-state index contributed by atoms with van der Waals surface area (Å²) in [5, 5.41) is 21.1. The van der Waals surface area contributed by atoms with Crippen LogP contribution in [0.2, 0.25) is 0 Å². The summed E-state index contributed by atoms with van der Waals surface area (Å²) in [6.45, 7) is 2.10. The van der Waals surface area contributed by atoms with Crippen LogP contribution in [0.5, 0.6) is 0 Å². The summed E-state index contributed by atoms with van der Waals surface area (Å²) in [5.74, 6) is 0.0926. The first-order valence-corrected chi connectivity index (χ1v) is 5.68. The van der Waals surface area contributed by atoms with Gasteiger partial charge in [-0.3, -0.25) is 5.10 Å². The fourth-order valence-electron chi connectivity index (χ4n) is 1.92. The van der Waals surface area contributed by atoms with E-state index in [1.807, 2.05) is 0 Å². The summed E-state index contributed by atoms with van der Waals surface area (Å²) in [7, 11) is 0. The average molecular weight is 264 g/mol. The Hall–Kier alpha value is -1.12. The zero-order valence-electron chi connectivity index (χ0n) is 9.59. The number of β-amino-alcohol motifs (C(OH)–C–C–N with tert-alkyl or cyclic N) is 1. The quantitative estimate of drug-likeness (QED) is 0.622. The van der Waals surface area contributed by atoms with Crippen molar-refractivity contribution in [3.8, 4) is 0 Å². The fourth-order valence-corrected chi connectivity index (χ4v) is 1.92. The minimum Gasteiger partial charge on any atom is -0.391 e. The second-order valence-corrected chi connectivity index (χ2v) is 4.39. The number of nitrogens with zero attached hydrogens (tertiary/aromatic N) is 1. The molecule has 1 aromatic rings. The first-order chi connectivity index (χ1) is 8.47. The largest absolute Gasteiger partial charge is 0.435 e. The Balaban J connectivity index is 1.78. The van der Waals surface area contributed by atoms with Crippen LogP contribution < -0.4 is 10.6 Å². The highest BCUT2D eigenvalue weighted by Crippen LogP contribution is 2.27. The van der Waals surface area contributed by atoms with Crippen molar-refractivity contribution in [2.45, 2.75) is 18.8 Å². The predicted octanol–water partition coefficient (Wildman–Crippen LogP) is 0.0984. The SMILES string of the molecule is OC1CNCC1CNCc1cc(C(F)(F)F)n[nH]1. The minimum absolute atomic E-state index is 0.0926. The van der Waals surface area contributed by atoms with Gasteiger partial charge in [0, 0.05) is 37.8 Å². The van der Waals surface area contributed by atoms with Gasteiger partial charge in [0.2, 0.25) is 0 Å². The van der Waals surface area contributed by atoms with E-state index in [2.05, 4.69) is 20.8 Å². The maximum Gasteiger partial charge on any atom is 0.435 e. The van der Waals surface area contributed by atoms with Gasteiger partial charge in [0.25, 0.3) is 0 Å². The van der Waals surface area contributed by atoms with Crippen LogP contribution in [0.1, 0.15) is 11.4 Å². The Morgan fingerprint density at radius 1 is 1.44 bits per heavy atom. The third-order valence-electron chi connectivity index (χ3n) is 2.95. The van der Waals surface area contributed by atoms with Crippen LogP contribution in [0.4, 0.5) is 13.2 Å². The molecule has 0 aliphatic carbocycles. The van der Waals surface area contributed by atoms with Gasteiger partial charge in [0.05, 0.1) is 6.10 Å². The average Bonchev–Trinajstić information content (AvgIpc) is 2.88. The summed E-state index contributed by atoms with van der Waals surface area (Å²) >= 11 is 0. The van der Waals surface area contributed by atoms with Crippen LogP contribution >= 0.6 is 0 Å². The van der Waals surface area contributed by atoms with Crippen LogP contribution in [0.3, 0.4) is 0 Å². The molecule has 0 spiro atoms. The van der Waals surface area contributed by atoms with Crippen molar-refractivity contribution in [2.24, 2.45) is 5.92 Å². The number of alkyl halides is 3. The molecule has 0 bridgehead atoms. The summed E-state index contributed by atoms with van der Waals surface area (Å²) in [5.41, 5.74) is -0.537. The number of rotatable bonds is 4. The molecule has 2 heterocycles. The van der Waals surface area contributed by atoms with E-state index in [0.29, 0.717) is 25.3 Å². The third-order valence-corrected chi connectivity index (χ3v) is 2.95. The van der Waals surface area contributed by atoms with Crippen molar-refractivity contribution in [3.05, 3.63) is 17.5 Å². The number of aliphatic hydroxyl groups excluding tert-OH is 1. The molecule has 1 fully saturated rings. The minimum atomic E-state index is -4.42. The Labute approximate surface area is 102 Å². The number of nitrogens with one attached hydrogen (secondary N) is 3. The highest BCUT2D eigenvalue weighted by Gasteiger charge is 2.33. The Morgan fingerprint density at radius 3 is 2.78 bits per heavy atom. The van der Waals surface area contributed by atoms with Crippen molar-refractivity contribution in [1.29, 1.82) is 0 Å². The van der Waals surface area contributed by atoms with Crippen molar-refractivity contribution in [3.63, 3.8) is 0 Å². The Bertz CT molecular complexity index is 393. The van der Waals surface area contributed by atoms with Gasteiger partial charge < -0.3 is 15.7 Å². The van der Waals surface area contributed by atoms with E-state index in [0.717, 1.165) is 6.07 Å². The molecule has 4 N–H and O–H groups in total. The van der Waals surface area contributed by atoms with Crippen LogP contribution in [0, 0.1) is 5.92 Å². The predicted molar refractivity (Wildman–Crippen MR) is 57.7 cm³/mol. The number of H-pyrrole nitrogens is 1. The number of aromatic nitrogens is 2. The van der Waals surface area contributed by atoms with Gasteiger partial charge in [0.1, 0.15) is 0 Å². The number of halogens is 3. The molecule has 0 amide bonds. The first kappa shape index (κ1) is 13.3. The number of aromatic amines is 1. The molecule has 0 saturated carbocycles. The molecule has 1 aromatic heterocycles. The second-order valence-electron chi connectivity index (χ2n) is 4.39. The van der Waals surface area contributed by atoms with Crippen molar-refractivity contribution < 1.29 is 18.3 Å². The molecule has 102 valence electrons. The lowest BCUT2D eigenvalue weighted by atomic mass is 10.1. The van der Waals surface area contributed by atoms with Gasteiger partial charge in [-0.15, -0.1) is 0 Å². The summed E-state index contributed by atoms with van der Waals surface area (Å²) in [6, 6.07) is 0.982. The van der Waals surface area contributed by atoms with E-state index in [9.17, 15) is 18.3 Å². The lowest BCUT2D eigenvalue weighted by Gasteiger charge is -2.13. The normalized spacial score (nSPS) is 24.7. The highest BCUT2D eigenvalue weighted by molar-refractivity contribution is 5.11. The van der Waals surface area contributed by atoms with Gasteiger partial charge in [-0.2, -0.15) is 18.3 Å². The summed E-state index contributed by atoms with van der Waals surface area (Å²) in [4.78, 5) is 0. The van der Waals surface area contributed by atoms with Gasteiger partial charge >= 0.3 is 6.18 Å². The molecule has 2 atom stereocenters. The summed E-state index contributed by atoms with van der Waals surface area (Å²) in [6.07, 6.45) is -4.81. The molecule has 0 aromatic carbocycles. The zero-order valence-corrected chi connectivity index (χ0v) is 9.59. The van der Waals surface area contributed by atoms with Crippen LogP contribution in [0.15, 0.2) is 6.07 Å². The number of hydrogen-bond acceptors (Lipinski definition) is 4. The third kappa shape index (κ3) is 3.21. The van der Waals surface area contributed by atoms with E-state index in [4.69, 9.17) is 0 Å². The second kappa shape index (κ2) is 5.25. The number of hydrogen-bond donors (Lipinski definition) is 4. The van der Waals surface area contributed by atoms with E-state index >= 15 is 0 Å². The smallest absolute Gasteiger partial charge is 0.391 e. The molecule has 1 aliphatic heterocycles. The molecule has 1 saturated heterocycles. The standard InChI is InChI=1S/C10H15F3N4O/c11-10(12,13)9-1-7(16-17-9)4-14-2-6-3-15-5-8(6)18/h1,6,8,14-15,18H,2-5H2,(H,16,17). The maximum absolute atomic E-state index is 12.3. The van der Waals surface area contributed by atoms with Gasteiger partial charge in [-0.05, 0) is 6.07 Å². The fraction of sp³-hybridized carbons (Fsp3) is 0.700. The van der Waals surface area contributed by atoms with Gasteiger partial charge in [0.15, 0.2) is 5.69 Å². The first-order valence-electron chi connectivity index (χ1n) is 5.68. The zero-order chi connectivity index (χ0) is 13.2. The van der Waals surface area contributed by atoms with E-state index in [1.54, 1.807) is 0 Å². The van der Waals surface area contributed by atoms with Crippen molar-refractivity contribution >= 4 is 0 Å². The molecule has 2 rings (SSSR count). The topological polar surface area (TPSA) is 73.0 Å².